The number of carboxylic acids is 1. The maximum absolute atomic E-state index is 13.3. The molecule has 1 aliphatic rings. The Balaban J connectivity index is 1.63. The molecular formula is C26H27Cl2F3N4O2. The standard InChI is InChI=1S/C26H27Cl2F3N4O2/c1-13-7-21(26(29,30)31)33-25-18(13)9-17(34(25)4)10-19-23(27)20(11-32-24(19)28)15(3)35-6-5-16(8-22(36)37)14(2)12-35/h7,9,11,14,16H,3,5-6,8,10,12H2,1-2,4H3,(H,36,37)/t14-,16-/m0/s1. The summed E-state index contributed by atoms with van der Waals surface area (Å²) in [4.78, 5) is 21.4. The van der Waals surface area contributed by atoms with Gasteiger partial charge in [0.05, 0.1) is 5.02 Å². The van der Waals surface area contributed by atoms with Crippen LogP contribution in [0.1, 0.15) is 47.8 Å². The summed E-state index contributed by atoms with van der Waals surface area (Å²) in [7, 11) is 1.66. The highest BCUT2D eigenvalue weighted by atomic mass is 35.5. The summed E-state index contributed by atoms with van der Waals surface area (Å²) in [5, 5.41) is 10.3. The normalized spacial score (nSPS) is 18.4. The maximum Gasteiger partial charge on any atom is 0.433 e. The summed E-state index contributed by atoms with van der Waals surface area (Å²) >= 11 is 13.2. The Morgan fingerprint density at radius 2 is 2.00 bits per heavy atom. The number of hydrogen-bond donors (Lipinski definition) is 1. The molecule has 0 amide bonds. The second-order valence-corrected chi connectivity index (χ2v) is 10.4. The van der Waals surface area contributed by atoms with E-state index < -0.39 is 17.8 Å². The van der Waals surface area contributed by atoms with E-state index in [1.54, 1.807) is 30.8 Å². The number of carboxylic acid groups (broad SMARTS) is 1. The molecule has 11 heteroatoms. The summed E-state index contributed by atoms with van der Waals surface area (Å²) in [5.41, 5.74) is 2.25. The minimum Gasteiger partial charge on any atom is -0.481 e. The molecule has 37 heavy (non-hydrogen) atoms. The molecule has 0 spiro atoms. The average Bonchev–Trinajstić information content (AvgIpc) is 3.12. The number of carbonyl (C=O) groups is 1. The van der Waals surface area contributed by atoms with Crippen molar-refractivity contribution in [2.75, 3.05) is 13.1 Å². The van der Waals surface area contributed by atoms with Crippen molar-refractivity contribution in [3.8, 4) is 0 Å². The first kappa shape index (κ1) is 27.3. The van der Waals surface area contributed by atoms with E-state index in [-0.39, 0.29) is 35.5 Å². The lowest BCUT2D eigenvalue weighted by atomic mass is 9.84. The maximum atomic E-state index is 13.3. The molecule has 0 radical (unpaired) electrons. The minimum absolute atomic E-state index is 0.0947. The summed E-state index contributed by atoms with van der Waals surface area (Å²) in [5.74, 6) is -0.544. The number of aromatic nitrogens is 3. The monoisotopic (exact) mass is 554 g/mol. The summed E-state index contributed by atoms with van der Waals surface area (Å²) in [6.07, 6.45) is -1.89. The van der Waals surface area contributed by atoms with Crippen molar-refractivity contribution in [3.05, 3.63) is 63.2 Å². The molecule has 1 aliphatic heterocycles. The lowest BCUT2D eigenvalue weighted by molar-refractivity contribution is -0.141. The Labute approximate surface area is 222 Å². The third-order valence-corrected chi connectivity index (χ3v) is 7.98. The van der Waals surface area contributed by atoms with Crippen molar-refractivity contribution in [1.29, 1.82) is 0 Å². The van der Waals surface area contributed by atoms with E-state index in [0.717, 1.165) is 12.5 Å². The Hall–Kier alpha value is -2.78. The largest absolute Gasteiger partial charge is 0.481 e. The Bertz CT molecular complexity index is 1390. The molecule has 198 valence electrons. The molecule has 0 aromatic carbocycles. The van der Waals surface area contributed by atoms with Crippen LogP contribution in [0.5, 0.6) is 0 Å². The van der Waals surface area contributed by atoms with Crippen LogP contribution in [0.15, 0.2) is 24.9 Å². The molecule has 1 fully saturated rings. The van der Waals surface area contributed by atoms with Crippen molar-refractivity contribution >= 4 is 45.9 Å². The van der Waals surface area contributed by atoms with Gasteiger partial charge in [0.1, 0.15) is 16.5 Å². The molecule has 0 bridgehead atoms. The third kappa shape index (κ3) is 5.43. The van der Waals surface area contributed by atoms with Crippen molar-refractivity contribution < 1.29 is 23.1 Å². The molecule has 0 aliphatic carbocycles. The van der Waals surface area contributed by atoms with Gasteiger partial charge in [-0.25, -0.2) is 9.97 Å². The number of nitrogens with zero attached hydrogens (tertiary/aromatic N) is 4. The summed E-state index contributed by atoms with van der Waals surface area (Å²) in [6.45, 7) is 9.16. The Kier molecular flexibility index (Phi) is 7.50. The summed E-state index contributed by atoms with van der Waals surface area (Å²) < 4.78 is 41.5. The van der Waals surface area contributed by atoms with Gasteiger partial charge in [-0.15, -0.1) is 0 Å². The quantitative estimate of drug-likeness (QED) is 0.348. The number of piperidine rings is 1. The van der Waals surface area contributed by atoms with E-state index in [1.165, 1.54) is 0 Å². The summed E-state index contributed by atoms with van der Waals surface area (Å²) in [6, 6.07) is 2.83. The molecule has 4 heterocycles. The number of alkyl halides is 3. The average molecular weight is 555 g/mol. The molecule has 6 nitrogen and oxygen atoms in total. The Morgan fingerprint density at radius 3 is 2.62 bits per heavy atom. The van der Waals surface area contributed by atoms with Crippen molar-refractivity contribution in [2.24, 2.45) is 18.9 Å². The van der Waals surface area contributed by atoms with Gasteiger partial charge >= 0.3 is 12.1 Å². The SMILES string of the molecule is C=C(c1cnc(Cl)c(Cc2cc3c(C)cc(C(F)(F)F)nc3n2C)c1Cl)N1CC[C@@H](CC(=O)O)[C@@H](C)C1. The van der Waals surface area contributed by atoms with Gasteiger partial charge < -0.3 is 14.6 Å². The predicted molar refractivity (Wildman–Crippen MR) is 138 cm³/mol. The first-order valence-corrected chi connectivity index (χ1v) is 12.6. The number of fused-ring (bicyclic) bond motifs is 1. The fraction of sp³-hybridized carbons (Fsp3) is 0.423. The molecule has 0 saturated carbocycles. The van der Waals surface area contributed by atoms with Gasteiger partial charge in [0, 0.05) is 67.1 Å². The molecule has 1 N–H and O–H groups in total. The number of aliphatic carboxylic acids is 1. The van der Waals surface area contributed by atoms with Crippen LogP contribution >= 0.6 is 23.2 Å². The van der Waals surface area contributed by atoms with Gasteiger partial charge in [-0.1, -0.05) is 36.7 Å². The van der Waals surface area contributed by atoms with Crippen LogP contribution < -0.4 is 0 Å². The van der Waals surface area contributed by atoms with Crippen molar-refractivity contribution in [3.63, 3.8) is 0 Å². The number of aryl methyl sites for hydroxylation is 2. The van der Waals surface area contributed by atoms with Crippen LogP contribution in [0.25, 0.3) is 16.7 Å². The minimum atomic E-state index is -4.55. The molecule has 4 rings (SSSR count). The number of halogens is 5. The Morgan fingerprint density at radius 1 is 1.30 bits per heavy atom. The predicted octanol–water partition coefficient (Wildman–Crippen LogP) is 6.60. The molecular weight excluding hydrogens is 528 g/mol. The molecule has 1 saturated heterocycles. The highest BCUT2D eigenvalue weighted by Crippen LogP contribution is 2.37. The van der Waals surface area contributed by atoms with Gasteiger partial charge in [-0.05, 0) is 42.9 Å². The van der Waals surface area contributed by atoms with Gasteiger partial charge in [0.25, 0.3) is 0 Å². The first-order chi connectivity index (χ1) is 17.3. The third-order valence-electron chi connectivity index (χ3n) is 7.22. The number of rotatable bonds is 6. The van der Waals surface area contributed by atoms with Gasteiger partial charge in [0.15, 0.2) is 0 Å². The van der Waals surface area contributed by atoms with Crippen LogP contribution in [0, 0.1) is 18.8 Å². The lowest BCUT2D eigenvalue weighted by Gasteiger charge is -2.39. The van der Waals surface area contributed by atoms with E-state index in [1.807, 2.05) is 6.92 Å². The topological polar surface area (TPSA) is 71.2 Å². The highest BCUT2D eigenvalue weighted by molar-refractivity contribution is 6.36. The van der Waals surface area contributed by atoms with Crippen LogP contribution in [0.4, 0.5) is 13.2 Å². The second-order valence-electron chi connectivity index (χ2n) is 9.70. The molecule has 3 aromatic heterocycles. The van der Waals surface area contributed by atoms with Crippen LogP contribution in [-0.2, 0) is 24.4 Å². The van der Waals surface area contributed by atoms with Crippen LogP contribution in [0.3, 0.4) is 0 Å². The smallest absolute Gasteiger partial charge is 0.433 e. The fourth-order valence-electron chi connectivity index (χ4n) is 4.99. The molecule has 3 aromatic rings. The van der Waals surface area contributed by atoms with Gasteiger partial charge in [-0.2, -0.15) is 13.2 Å². The zero-order valence-corrected chi connectivity index (χ0v) is 22.2. The van der Waals surface area contributed by atoms with Crippen molar-refractivity contribution in [1.82, 2.24) is 19.4 Å². The van der Waals surface area contributed by atoms with E-state index in [0.29, 0.717) is 51.6 Å². The first-order valence-electron chi connectivity index (χ1n) is 11.8. The molecule has 0 unspecified atom stereocenters. The fourth-order valence-corrected chi connectivity index (χ4v) is 5.57. The number of pyridine rings is 2. The second kappa shape index (κ2) is 10.2. The van der Waals surface area contributed by atoms with Gasteiger partial charge in [0.2, 0.25) is 0 Å². The van der Waals surface area contributed by atoms with E-state index in [2.05, 4.69) is 21.4 Å². The molecule has 2 atom stereocenters. The zero-order valence-electron chi connectivity index (χ0n) is 20.7. The van der Waals surface area contributed by atoms with E-state index in [4.69, 9.17) is 28.3 Å². The van der Waals surface area contributed by atoms with Gasteiger partial charge in [-0.3, -0.25) is 4.79 Å². The number of likely N-dealkylation sites (tertiary alicyclic amines) is 1. The van der Waals surface area contributed by atoms with Crippen LogP contribution in [0.2, 0.25) is 10.2 Å². The lowest BCUT2D eigenvalue weighted by Crippen LogP contribution is -2.38. The number of hydrogen-bond acceptors (Lipinski definition) is 4. The van der Waals surface area contributed by atoms with E-state index in [9.17, 15) is 18.0 Å². The highest BCUT2D eigenvalue weighted by Gasteiger charge is 2.34. The van der Waals surface area contributed by atoms with Crippen molar-refractivity contribution in [2.45, 2.75) is 39.3 Å². The van der Waals surface area contributed by atoms with Crippen LogP contribution in [-0.4, -0.2) is 43.6 Å². The van der Waals surface area contributed by atoms with E-state index >= 15 is 0 Å². The zero-order chi connectivity index (χ0) is 27.2.